The van der Waals surface area contributed by atoms with E-state index in [4.69, 9.17) is 5.73 Å². The van der Waals surface area contributed by atoms with Crippen LogP contribution in [-0.4, -0.2) is 19.0 Å². The Labute approximate surface area is 98.2 Å². The van der Waals surface area contributed by atoms with E-state index in [1.54, 1.807) is 0 Å². The number of hydrogen-bond acceptors (Lipinski definition) is 2. The Balaban J connectivity index is 1.69. The lowest BCUT2D eigenvalue weighted by atomic mass is 9.66. The van der Waals surface area contributed by atoms with Crippen molar-refractivity contribution in [2.45, 2.75) is 46.0 Å². The van der Waals surface area contributed by atoms with Gasteiger partial charge in [0, 0.05) is 13.0 Å². The largest absolute Gasteiger partial charge is 0.356 e. The highest BCUT2D eigenvalue weighted by Crippen LogP contribution is 2.51. The monoisotopic (exact) mass is 224 g/mol. The van der Waals surface area contributed by atoms with Crippen molar-refractivity contribution in [1.82, 2.24) is 5.32 Å². The SMILES string of the molecule is CC1(C)CC1CNC(=O)CC1(CN)CCC1. The molecular weight excluding hydrogens is 200 g/mol. The third-order valence-electron chi connectivity index (χ3n) is 4.65. The van der Waals surface area contributed by atoms with Crippen LogP contribution in [0.1, 0.15) is 46.0 Å². The topological polar surface area (TPSA) is 55.1 Å². The van der Waals surface area contributed by atoms with E-state index in [1.165, 1.54) is 12.8 Å². The van der Waals surface area contributed by atoms with Gasteiger partial charge in [-0.3, -0.25) is 4.79 Å². The number of carbonyl (C=O) groups excluding carboxylic acids is 1. The second-order valence-electron chi connectivity index (χ2n) is 6.43. The first-order valence-corrected chi connectivity index (χ1v) is 6.44. The Morgan fingerprint density at radius 1 is 1.44 bits per heavy atom. The molecule has 0 aromatic carbocycles. The Bertz CT molecular complexity index is 276. The van der Waals surface area contributed by atoms with Crippen LogP contribution in [0.25, 0.3) is 0 Å². The van der Waals surface area contributed by atoms with Crippen LogP contribution in [0.2, 0.25) is 0 Å². The quantitative estimate of drug-likeness (QED) is 0.746. The molecule has 1 amide bonds. The Morgan fingerprint density at radius 3 is 2.44 bits per heavy atom. The molecule has 3 nitrogen and oxygen atoms in total. The zero-order chi connectivity index (χ0) is 11.8. The first kappa shape index (κ1) is 11.9. The van der Waals surface area contributed by atoms with E-state index in [-0.39, 0.29) is 11.3 Å². The number of carbonyl (C=O) groups is 1. The Kier molecular flexibility index (Phi) is 2.99. The van der Waals surface area contributed by atoms with E-state index in [1.807, 2.05) is 0 Å². The van der Waals surface area contributed by atoms with Gasteiger partial charge < -0.3 is 11.1 Å². The van der Waals surface area contributed by atoms with Crippen molar-refractivity contribution in [3.05, 3.63) is 0 Å². The van der Waals surface area contributed by atoms with Gasteiger partial charge in [0.25, 0.3) is 0 Å². The molecule has 0 aliphatic heterocycles. The standard InChI is InChI=1S/C13H24N2O/c1-12(2)6-10(12)8-15-11(16)7-13(9-14)4-3-5-13/h10H,3-9,14H2,1-2H3,(H,15,16). The van der Waals surface area contributed by atoms with Crippen molar-refractivity contribution in [3.8, 4) is 0 Å². The van der Waals surface area contributed by atoms with Crippen LogP contribution < -0.4 is 11.1 Å². The zero-order valence-corrected chi connectivity index (χ0v) is 10.5. The fraction of sp³-hybridized carbons (Fsp3) is 0.923. The predicted molar refractivity (Wildman–Crippen MR) is 64.9 cm³/mol. The van der Waals surface area contributed by atoms with Crippen molar-refractivity contribution in [1.29, 1.82) is 0 Å². The summed E-state index contributed by atoms with van der Waals surface area (Å²) >= 11 is 0. The maximum absolute atomic E-state index is 11.8. The summed E-state index contributed by atoms with van der Waals surface area (Å²) in [4.78, 5) is 11.8. The molecule has 2 aliphatic carbocycles. The Hall–Kier alpha value is -0.570. The van der Waals surface area contributed by atoms with Crippen LogP contribution in [0.5, 0.6) is 0 Å². The molecule has 2 aliphatic rings. The van der Waals surface area contributed by atoms with E-state index < -0.39 is 0 Å². The third-order valence-corrected chi connectivity index (χ3v) is 4.65. The highest BCUT2D eigenvalue weighted by molar-refractivity contribution is 5.76. The molecule has 0 aromatic heterocycles. The molecule has 2 saturated carbocycles. The summed E-state index contributed by atoms with van der Waals surface area (Å²) in [5.41, 5.74) is 6.34. The van der Waals surface area contributed by atoms with E-state index >= 15 is 0 Å². The van der Waals surface area contributed by atoms with Gasteiger partial charge in [0.15, 0.2) is 0 Å². The predicted octanol–water partition coefficient (Wildman–Crippen LogP) is 1.67. The highest BCUT2D eigenvalue weighted by atomic mass is 16.1. The van der Waals surface area contributed by atoms with Gasteiger partial charge in [-0.2, -0.15) is 0 Å². The molecule has 2 fully saturated rings. The smallest absolute Gasteiger partial charge is 0.220 e. The number of nitrogens with one attached hydrogen (secondary N) is 1. The molecule has 1 unspecified atom stereocenters. The number of amides is 1. The minimum absolute atomic E-state index is 0.142. The molecule has 3 heteroatoms. The minimum atomic E-state index is 0.142. The summed E-state index contributed by atoms with van der Waals surface area (Å²) in [6.07, 6.45) is 5.38. The van der Waals surface area contributed by atoms with Gasteiger partial charge in [-0.15, -0.1) is 0 Å². The van der Waals surface area contributed by atoms with Crippen molar-refractivity contribution < 1.29 is 4.79 Å². The summed E-state index contributed by atoms with van der Waals surface area (Å²) in [5.74, 6) is 0.888. The summed E-state index contributed by atoms with van der Waals surface area (Å²) in [6, 6.07) is 0. The Morgan fingerprint density at radius 2 is 2.06 bits per heavy atom. The van der Waals surface area contributed by atoms with E-state index in [0.29, 0.717) is 24.3 Å². The second-order valence-corrected chi connectivity index (χ2v) is 6.43. The maximum atomic E-state index is 11.8. The zero-order valence-electron chi connectivity index (χ0n) is 10.5. The summed E-state index contributed by atoms with van der Waals surface area (Å²) in [5, 5.41) is 3.06. The fourth-order valence-corrected chi connectivity index (χ4v) is 2.69. The van der Waals surface area contributed by atoms with Gasteiger partial charge in [0.05, 0.1) is 0 Å². The van der Waals surface area contributed by atoms with Crippen LogP contribution in [0.3, 0.4) is 0 Å². The maximum Gasteiger partial charge on any atom is 0.220 e. The first-order chi connectivity index (χ1) is 7.47. The molecule has 0 spiro atoms. The lowest BCUT2D eigenvalue weighted by Gasteiger charge is -2.40. The molecule has 0 bridgehead atoms. The van der Waals surface area contributed by atoms with Gasteiger partial charge >= 0.3 is 0 Å². The summed E-state index contributed by atoms with van der Waals surface area (Å²) in [6.45, 7) is 6.04. The minimum Gasteiger partial charge on any atom is -0.356 e. The molecule has 16 heavy (non-hydrogen) atoms. The van der Waals surface area contributed by atoms with Crippen molar-refractivity contribution in [2.75, 3.05) is 13.1 Å². The molecule has 0 radical (unpaired) electrons. The molecule has 0 heterocycles. The molecular formula is C13H24N2O. The van der Waals surface area contributed by atoms with E-state index in [0.717, 1.165) is 19.4 Å². The molecule has 2 rings (SSSR count). The van der Waals surface area contributed by atoms with Crippen LogP contribution in [0.15, 0.2) is 0 Å². The lowest BCUT2D eigenvalue weighted by molar-refractivity contribution is -0.124. The van der Waals surface area contributed by atoms with Crippen LogP contribution in [0.4, 0.5) is 0 Å². The summed E-state index contributed by atoms with van der Waals surface area (Å²) < 4.78 is 0. The van der Waals surface area contributed by atoms with E-state index in [2.05, 4.69) is 19.2 Å². The van der Waals surface area contributed by atoms with E-state index in [9.17, 15) is 4.79 Å². The lowest BCUT2D eigenvalue weighted by Crippen LogP contribution is -2.42. The van der Waals surface area contributed by atoms with Gasteiger partial charge in [0.2, 0.25) is 5.91 Å². The van der Waals surface area contributed by atoms with Crippen molar-refractivity contribution in [2.24, 2.45) is 22.5 Å². The van der Waals surface area contributed by atoms with Crippen LogP contribution >= 0.6 is 0 Å². The molecule has 1 atom stereocenters. The highest BCUT2D eigenvalue weighted by Gasteiger charge is 2.45. The molecule has 0 aromatic rings. The second kappa shape index (κ2) is 4.02. The van der Waals surface area contributed by atoms with Gasteiger partial charge in [0.1, 0.15) is 0 Å². The van der Waals surface area contributed by atoms with Crippen molar-refractivity contribution >= 4 is 5.91 Å². The normalized spacial score (nSPS) is 29.3. The molecule has 3 N–H and O–H groups in total. The van der Waals surface area contributed by atoms with Gasteiger partial charge in [-0.25, -0.2) is 0 Å². The van der Waals surface area contributed by atoms with Crippen molar-refractivity contribution in [3.63, 3.8) is 0 Å². The van der Waals surface area contributed by atoms with Gasteiger partial charge in [-0.1, -0.05) is 20.3 Å². The number of nitrogens with two attached hydrogens (primary N) is 1. The number of hydrogen-bond donors (Lipinski definition) is 2. The average Bonchev–Trinajstić information content (AvgIpc) is 2.77. The first-order valence-electron chi connectivity index (χ1n) is 6.44. The molecule has 92 valence electrons. The average molecular weight is 224 g/mol. The third kappa shape index (κ3) is 2.40. The van der Waals surface area contributed by atoms with Crippen LogP contribution in [-0.2, 0) is 4.79 Å². The number of rotatable bonds is 5. The van der Waals surface area contributed by atoms with Gasteiger partial charge in [-0.05, 0) is 42.6 Å². The molecule has 0 saturated heterocycles. The van der Waals surface area contributed by atoms with Crippen LogP contribution in [0, 0.1) is 16.7 Å². The summed E-state index contributed by atoms with van der Waals surface area (Å²) in [7, 11) is 0. The fourth-order valence-electron chi connectivity index (χ4n) is 2.69.